The Kier molecular flexibility index (Phi) is 4.63. The topological polar surface area (TPSA) is 95.1 Å². The predicted octanol–water partition coefficient (Wildman–Crippen LogP) is 2.30. The van der Waals surface area contributed by atoms with Gasteiger partial charge < -0.3 is 14.5 Å². The second-order valence-electron chi connectivity index (χ2n) is 7.61. The van der Waals surface area contributed by atoms with Crippen molar-refractivity contribution >= 4 is 5.91 Å². The lowest BCUT2D eigenvalue weighted by Crippen LogP contribution is -2.31. The van der Waals surface area contributed by atoms with E-state index < -0.39 is 0 Å². The SMILES string of the molecule is Cc1c(C(=O)NC[C@@H]2CCCO2)oc2c1-c1nn(Cc3cccnn3)cc1CC2. The summed E-state index contributed by atoms with van der Waals surface area (Å²) in [5.74, 6) is 1.03. The standard InChI is InChI=1S/C21H23N5O3/c1-13-18-17(29-20(13)21(27)22-10-16-5-3-9-28-16)7-6-14-11-26(25-19(14)18)12-15-4-2-8-23-24-15/h2,4,8,11,16H,3,5-7,9-10,12H2,1H3,(H,22,27)/t16-/m0/s1. The van der Waals surface area contributed by atoms with Gasteiger partial charge in [0.05, 0.1) is 24.0 Å². The average molecular weight is 393 g/mol. The monoisotopic (exact) mass is 393 g/mol. The number of nitrogens with one attached hydrogen (secondary N) is 1. The van der Waals surface area contributed by atoms with Crippen molar-refractivity contribution in [3.05, 3.63) is 52.9 Å². The van der Waals surface area contributed by atoms with Gasteiger partial charge in [-0.25, -0.2) is 0 Å². The van der Waals surface area contributed by atoms with E-state index in [9.17, 15) is 4.79 Å². The Balaban J connectivity index is 1.38. The summed E-state index contributed by atoms with van der Waals surface area (Å²) in [6, 6.07) is 3.80. The highest BCUT2D eigenvalue weighted by Gasteiger charge is 2.30. The van der Waals surface area contributed by atoms with Gasteiger partial charge in [0.2, 0.25) is 0 Å². The third-order valence-electron chi connectivity index (χ3n) is 5.59. The molecule has 5 rings (SSSR count). The van der Waals surface area contributed by atoms with Crippen molar-refractivity contribution in [1.82, 2.24) is 25.3 Å². The fourth-order valence-corrected chi connectivity index (χ4v) is 4.14. The van der Waals surface area contributed by atoms with Crippen LogP contribution >= 0.6 is 0 Å². The van der Waals surface area contributed by atoms with E-state index in [1.807, 2.05) is 23.7 Å². The van der Waals surface area contributed by atoms with Crippen molar-refractivity contribution in [1.29, 1.82) is 0 Å². The van der Waals surface area contributed by atoms with Gasteiger partial charge in [0.1, 0.15) is 5.76 Å². The van der Waals surface area contributed by atoms with Crippen molar-refractivity contribution in [3.8, 4) is 11.3 Å². The molecule has 0 unspecified atom stereocenters. The number of hydrogen-bond donors (Lipinski definition) is 1. The molecule has 1 amide bonds. The van der Waals surface area contributed by atoms with Crippen LogP contribution in [0.2, 0.25) is 0 Å². The van der Waals surface area contributed by atoms with Crippen LogP contribution in [0.1, 0.15) is 46.0 Å². The van der Waals surface area contributed by atoms with E-state index in [0.29, 0.717) is 18.8 Å². The maximum absolute atomic E-state index is 12.7. The first-order valence-electron chi connectivity index (χ1n) is 10.0. The van der Waals surface area contributed by atoms with Crippen LogP contribution in [0.15, 0.2) is 28.9 Å². The molecule has 0 spiro atoms. The largest absolute Gasteiger partial charge is 0.455 e. The number of rotatable bonds is 5. The molecule has 0 bridgehead atoms. The predicted molar refractivity (Wildman–Crippen MR) is 105 cm³/mol. The molecular formula is C21H23N5O3. The van der Waals surface area contributed by atoms with Gasteiger partial charge in [0, 0.05) is 43.1 Å². The van der Waals surface area contributed by atoms with E-state index in [4.69, 9.17) is 14.3 Å². The maximum atomic E-state index is 12.7. The number of hydrogen-bond acceptors (Lipinski definition) is 6. The number of aromatic nitrogens is 4. The van der Waals surface area contributed by atoms with Crippen LogP contribution in [-0.4, -0.2) is 45.1 Å². The minimum Gasteiger partial charge on any atom is -0.455 e. The summed E-state index contributed by atoms with van der Waals surface area (Å²) >= 11 is 0. The highest BCUT2D eigenvalue weighted by atomic mass is 16.5. The number of aryl methyl sites for hydroxylation is 2. The number of ether oxygens (including phenoxy) is 1. The summed E-state index contributed by atoms with van der Waals surface area (Å²) in [6.45, 7) is 3.78. The van der Waals surface area contributed by atoms with E-state index in [0.717, 1.165) is 66.1 Å². The lowest BCUT2D eigenvalue weighted by Gasteiger charge is -2.10. The van der Waals surface area contributed by atoms with Gasteiger partial charge in [-0.1, -0.05) is 0 Å². The zero-order chi connectivity index (χ0) is 19.8. The van der Waals surface area contributed by atoms with E-state index in [1.165, 1.54) is 0 Å². The van der Waals surface area contributed by atoms with Crippen LogP contribution in [0.3, 0.4) is 0 Å². The molecule has 0 aromatic carbocycles. The molecule has 1 saturated heterocycles. The molecule has 8 nitrogen and oxygen atoms in total. The molecular weight excluding hydrogens is 370 g/mol. The quantitative estimate of drug-likeness (QED) is 0.715. The molecule has 1 N–H and O–H groups in total. The van der Waals surface area contributed by atoms with Gasteiger partial charge in [-0.15, -0.1) is 0 Å². The van der Waals surface area contributed by atoms with Gasteiger partial charge in [-0.05, 0) is 43.9 Å². The van der Waals surface area contributed by atoms with Gasteiger partial charge in [-0.2, -0.15) is 15.3 Å². The summed E-state index contributed by atoms with van der Waals surface area (Å²) in [4.78, 5) is 12.7. The third-order valence-corrected chi connectivity index (χ3v) is 5.59. The molecule has 1 aliphatic heterocycles. The molecule has 4 heterocycles. The Labute approximate surface area is 168 Å². The van der Waals surface area contributed by atoms with Gasteiger partial charge in [-0.3, -0.25) is 9.48 Å². The summed E-state index contributed by atoms with van der Waals surface area (Å²) in [6.07, 6.45) is 7.45. The number of furan rings is 1. The second-order valence-corrected chi connectivity index (χ2v) is 7.61. The summed E-state index contributed by atoms with van der Waals surface area (Å²) in [5, 5.41) is 15.8. The number of nitrogens with zero attached hydrogens (tertiary/aromatic N) is 4. The zero-order valence-electron chi connectivity index (χ0n) is 16.4. The number of carbonyl (C=O) groups is 1. The Bertz CT molecular complexity index is 1030. The maximum Gasteiger partial charge on any atom is 0.287 e. The van der Waals surface area contributed by atoms with Crippen LogP contribution in [-0.2, 0) is 24.1 Å². The van der Waals surface area contributed by atoms with Gasteiger partial charge in [0.25, 0.3) is 5.91 Å². The lowest BCUT2D eigenvalue weighted by atomic mass is 9.93. The second kappa shape index (κ2) is 7.44. The molecule has 150 valence electrons. The zero-order valence-corrected chi connectivity index (χ0v) is 16.4. The molecule has 2 aliphatic rings. The van der Waals surface area contributed by atoms with Crippen LogP contribution < -0.4 is 5.32 Å². The summed E-state index contributed by atoms with van der Waals surface area (Å²) in [5.41, 5.74) is 4.71. The first-order valence-corrected chi connectivity index (χ1v) is 10.0. The smallest absolute Gasteiger partial charge is 0.287 e. The molecule has 1 aliphatic carbocycles. The highest BCUT2D eigenvalue weighted by molar-refractivity contribution is 5.95. The van der Waals surface area contributed by atoms with Crippen LogP contribution in [0.5, 0.6) is 0 Å². The van der Waals surface area contributed by atoms with E-state index in [2.05, 4.69) is 21.7 Å². The molecule has 1 fully saturated rings. The van der Waals surface area contributed by atoms with Crippen molar-refractivity contribution < 1.29 is 13.9 Å². The Morgan fingerprint density at radius 2 is 2.31 bits per heavy atom. The minimum atomic E-state index is -0.187. The van der Waals surface area contributed by atoms with Crippen LogP contribution in [0.4, 0.5) is 0 Å². The normalized spacial score (nSPS) is 17.8. The molecule has 3 aromatic rings. The molecule has 3 aromatic heterocycles. The van der Waals surface area contributed by atoms with Crippen LogP contribution in [0, 0.1) is 6.92 Å². The summed E-state index contributed by atoms with van der Waals surface area (Å²) < 4.78 is 13.4. The number of fused-ring (bicyclic) bond motifs is 3. The van der Waals surface area contributed by atoms with E-state index >= 15 is 0 Å². The highest BCUT2D eigenvalue weighted by Crippen LogP contribution is 2.38. The Hall–Kier alpha value is -3.00. The number of carbonyl (C=O) groups excluding carboxylic acids is 1. The summed E-state index contributed by atoms with van der Waals surface area (Å²) in [7, 11) is 0. The Morgan fingerprint density at radius 1 is 1.38 bits per heavy atom. The van der Waals surface area contributed by atoms with Gasteiger partial charge >= 0.3 is 0 Å². The fraction of sp³-hybridized carbons (Fsp3) is 0.429. The van der Waals surface area contributed by atoms with Crippen molar-refractivity contribution in [2.45, 2.75) is 45.3 Å². The number of amides is 1. The van der Waals surface area contributed by atoms with E-state index in [1.54, 1.807) is 6.20 Å². The van der Waals surface area contributed by atoms with Crippen LogP contribution in [0.25, 0.3) is 11.3 Å². The third kappa shape index (κ3) is 3.44. The lowest BCUT2D eigenvalue weighted by molar-refractivity contribution is 0.0833. The molecule has 29 heavy (non-hydrogen) atoms. The Morgan fingerprint density at radius 3 is 3.10 bits per heavy atom. The van der Waals surface area contributed by atoms with Crippen molar-refractivity contribution in [3.63, 3.8) is 0 Å². The van der Waals surface area contributed by atoms with Gasteiger partial charge in [0.15, 0.2) is 5.76 Å². The molecule has 0 radical (unpaired) electrons. The van der Waals surface area contributed by atoms with Crippen molar-refractivity contribution in [2.24, 2.45) is 0 Å². The average Bonchev–Trinajstić information content (AvgIpc) is 3.45. The molecule has 0 saturated carbocycles. The molecule has 1 atom stereocenters. The van der Waals surface area contributed by atoms with Crippen molar-refractivity contribution in [2.75, 3.05) is 13.2 Å². The minimum absolute atomic E-state index is 0.104. The van der Waals surface area contributed by atoms with E-state index in [-0.39, 0.29) is 12.0 Å². The fourth-order valence-electron chi connectivity index (χ4n) is 4.14. The molecule has 8 heteroatoms. The first-order chi connectivity index (χ1) is 14.2. The first kappa shape index (κ1) is 18.1.